The lowest BCUT2D eigenvalue weighted by molar-refractivity contribution is -0.119. The van der Waals surface area contributed by atoms with Crippen molar-refractivity contribution in [3.8, 4) is 0 Å². The maximum absolute atomic E-state index is 11.0. The number of amides is 1. The van der Waals surface area contributed by atoms with Crippen LogP contribution in [-0.2, 0) is 4.79 Å². The molecule has 62 valence electrons. The molecule has 1 amide bonds. The van der Waals surface area contributed by atoms with Gasteiger partial charge in [-0.25, -0.2) is 0 Å². The summed E-state index contributed by atoms with van der Waals surface area (Å²) in [6, 6.07) is 0. The zero-order chi connectivity index (χ0) is 7.73. The molecule has 0 aromatic rings. The molecular weight excluding hydrogens is 140 g/mol. The van der Waals surface area contributed by atoms with E-state index in [2.05, 4.69) is 10.6 Å². The third-order valence-corrected chi connectivity index (χ3v) is 2.76. The second-order valence-corrected chi connectivity index (χ2v) is 3.73. The second-order valence-electron chi connectivity index (χ2n) is 3.73. The molecule has 2 heterocycles. The highest BCUT2D eigenvalue weighted by molar-refractivity contribution is 5.79. The Bertz CT molecular complexity index is 173. The summed E-state index contributed by atoms with van der Waals surface area (Å²) in [5.41, 5.74) is 0.273. The lowest BCUT2D eigenvalue weighted by atomic mass is 9.80. The number of nitrogens with one attached hydrogen (secondary N) is 2. The molecule has 0 aromatic carbocycles. The van der Waals surface area contributed by atoms with Crippen molar-refractivity contribution in [2.75, 3.05) is 19.6 Å². The SMILES string of the molecule is O=C1C[C@@]2(CCCNC2)CN1. The number of carbonyl (C=O) groups is 1. The van der Waals surface area contributed by atoms with E-state index < -0.39 is 0 Å². The van der Waals surface area contributed by atoms with Gasteiger partial charge in [-0.3, -0.25) is 4.79 Å². The molecule has 3 heteroatoms. The van der Waals surface area contributed by atoms with E-state index in [0.29, 0.717) is 0 Å². The number of carbonyl (C=O) groups excluding carboxylic acids is 1. The first-order valence-corrected chi connectivity index (χ1v) is 4.28. The predicted molar refractivity (Wildman–Crippen MR) is 42.2 cm³/mol. The molecule has 2 N–H and O–H groups in total. The smallest absolute Gasteiger partial charge is 0.220 e. The van der Waals surface area contributed by atoms with Crippen LogP contribution in [0.25, 0.3) is 0 Å². The van der Waals surface area contributed by atoms with Crippen LogP contribution in [0, 0.1) is 5.41 Å². The van der Waals surface area contributed by atoms with Crippen molar-refractivity contribution in [2.45, 2.75) is 19.3 Å². The van der Waals surface area contributed by atoms with Crippen LogP contribution in [0.4, 0.5) is 0 Å². The van der Waals surface area contributed by atoms with Crippen molar-refractivity contribution in [1.29, 1.82) is 0 Å². The van der Waals surface area contributed by atoms with E-state index >= 15 is 0 Å². The summed E-state index contributed by atoms with van der Waals surface area (Å²) in [5.74, 6) is 0.230. The molecule has 2 aliphatic rings. The van der Waals surface area contributed by atoms with Crippen LogP contribution in [0.2, 0.25) is 0 Å². The fourth-order valence-corrected chi connectivity index (χ4v) is 2.08. The van der Waals surface area contributed by atoms with E-state index in [-0.39, 0.29) is 11.3 Å². The Morgan fingerprint density at radius 1 is 1.36 bits per heavy atom. The summed E-state index contributed by atoms with van der Waals surface area (Å²) in [5, 5.41) is 6.25. The van der Waals surface area contributed by atoms with Gasteiger partial charge in [0.2, 0.25) is 5.91 Å². The van der Waals surface area contributed by atoms with Gasteiger partial charge in [0, 0.05) is 24.9 Å². The largest absolute Gasteiger partial charge is 0.355 e. The highest BCUT2D eigenvalue weighted by atomic mass is 16.1. The van der Waals surface area contributed by atoms with E-state index in [1.165, 1.54) is 12.8 Å². The maximum atomic E-state index is 11.0. The Morgan fingerprint density at radius 2 is 2.27 bits per heavy atom. The summed E-state index contributed by atoms with van der Waals surface area (Å²) in [6.07, 6.45) is 3.16. The van der Waals surface area contributed by atoms with Crippen LogP contribution >= 0.6 is 0 Å². The van der Waals surface area contributed by atoms with Crippen LogP contribution in [0.1, 0.15) is 19.3 Å². The fourth-order valence-electron chi connectivity index (χ4n) is 2.08. The summed E-state index contributed by atoms with van der Waals surface area (Å²) >= 11 is 0. The molecule has 2 saturated heterocycles. The standard InChI is InChI=1S/C8H14N2O/c11-7-4-8(6-10-7)2-1-3-9-5-8/h9H,1-6H2,(H,10,11)/t8-/m1/s1. The van der Waals surface area contributed by atoms with Gasteiger partial charge >= 0.3 is 0 Å². The van der Waals surface area contributed by atoms with Gasteiger partial charge in [-0.05, 0) is 19.4 Å². The number of hydrogen-bond acceptors (Lipinski definition) is 2. The van der Waals surface area contributed by atoms with Gasteiger partial charge in [-0.15, -0.1) is 0 Å². The normalized spacial score (nSPS) is 37.6. The second kappa shape index (κ2) is 2.48. The fraction of sp³-hybridized carbons (Fsp3) is 0.875. The van der Waals surface area contributed by atoms with E-state index in [0.717, 1.165) is 26.1 Å². The minimum absolute atomic E-state index is 0.230. The van der Waals surface area contributed by atoms with Crippen molar-refractivity contribution in [1.82, 2.24) is 10.6 Å². The summed E-state index contributed by atoms with van der Waals surface area (Å²) in [4.78, 5) is 11.0. The first-order valence-electron chi connectivity index (χ1n) is 4.28. The lowest BCUT2D eigenvalue weighted by Crippen LogP contribution is -2.41. The zero-order valence-electron chi connectivity index (χ0n) is 6.65. The van der Waals surface area contributed by atoms with Gasteiger partial charge in [-0.1, -0.05) is 0 Å². The van der Waals surface area contributed by atoms with Crippen LogP contribution < -0.4 is 10.6 Å². The van der Waals surface area contributed by atoms with E-state index in [9.17, 15) is 4.79 Å². The molecule has 0 radical (unpaired) electrons. The molecule has 0 aromatic heterocycles. The third kappa shape index (κ3) is 1.25. The van der Waals surface area contributed by atoms with Gasteiger partial charge in [0.05, 0.1) is 0 Å². The highest BCUT2D eigenvalue weighted by Gasteiger charge is 2.38. The Hall–Kier alpha value is -0.570. The quantitative estimate of drug-likeness (QED) is 0.510. The molecule has 2 rings (SSSR count). The molecule has 0 unspecified atom stereocenters. The van der Waals surface area contributed by atoms with Gasteiger partial charge in [0.1, 0.15) is 0 Å². The molecule has 0 bridgehead atoms. The topological polar surface area (TPSA) is 41.1 Å². The minimum atomic E-state index is 0.230. The Morgan fingerprint density at radius 3 is 2.82 bits per heavy atom. The summed E-state index contributed by atoms with van der Waals surface area (Å²) < 4.78 is 0. The van der Waals surface area contributed by atoms with Crippen LogP contribution in [-0.4, -0.2) is 25.5 Å². The van der Waals surface area contributed by atoms with Crippen LogP contribution in [0.5, 0.6) is 0 Å². The number of piperidine rings is 1. The molecule has 1 spiro atoms. The highest BCUT2D eigenvalue weighted by Crippen LogP contribution is 2.32. The molecule has 2 aliphatic heterocycles. The molecule has 11 heavy (non-hydrogen) atoms. The lowest BCUT2D eigenvalue weighted by Gasteiger charge is -2.31. The van der Waals surface area contributed by atoms with Crippen molar-refractivity contribution in [2.24, 2.45) is 5.41 Å². The number of rotatable bonds is 0. The van der Waals surface area contributed by atoms with E-state index in [4.69, 9.17) is 0 Å². The predicted octanol–water partition coefficient (Wildman–Crippen LogP) is -0.124. The molecule has 3 nitrogen and oxygen atoms in total. The van der Waals surface area contributed by atoms with Crippen molar-refractivity contribution >= 4 is 5.91 Å². The molecule has 2 fully saturated rings. The first kappa shape index (κ1) is 7.10. The van der Waals surface area contributed by atoms with E-state index in [1.807, 2.05) is 0 Å². The molecule has 0 saturated carbocycles. The van der Waals surface area contributed by atoms with Gasteiger partial charge in [-0.2, -0.15) is 0 Å². The third-order valence-electron chi connectivity index (χ3n) is 2.76. The minimum Gasteiger partial charge on any atom is -0.355 e. The Balaban J connectivity index is 2.03. The first-order chi connectivity index (χ1) is 5.31. The van der Waals surface area contributed by atoms with Gasteiger partial charge in [0.25, 0.3) is 0 Å². The maximum Gasteiger partial charge on any atom is 0.220 e. The molecule has 0 aliphatic carbocycles. The van der Waals surface area contributed by atoms with Crippen LogP contribution in [0.15, 0.2) is 0 Å². The Kier molecular flexibility index (Phi) is 1.60. The zero-order valence-corrected chi connectivity index (χ0v) is 6.65. The average Bonchev–Trinajstić information content (AvgIpc) is 2.34. The Labute approximate surface area is 66.5 Å². The van der Waals surface area contributed by atoms with Crippen molar-refractivity contribution in [3.63, 3.8) is 0 Å². The van der Waals surface area contributed by atoms with E-state index in [1.54, 1.807) is 0 Å². The molecule has 1 atom stereocenters. The number of hydrogen-bond donors (Lipinski definition) is 2. The summed E-state index contributed by atoms with van der Waals surface area (Å²) in [6.45, 7) is 3.03. The van der Waals surface area contributed by atoms with Crippen LogP contribution in [0.3, 0.4) is 0 Å². The van der Waals surface area contributed by atoms with Crippen molar-refractivity contribution < 1.29 is 4.79 Å². The summed E-state index contributed by atoms with van der Waals surface area (Å²) in [7, 11) is 0. The average molecular weight is 154 g/mol. The monoisotopic (exact) mass is 154 g/mol. The van der Waals surface area contributed by atoms with Gasteiger partial charge in [0.15, 0.2) is 0 Å². The molecular formula is C8H14N2O. The van der Waals surface area contributed by atoms with Crippen molar-refractivity contribution in [3.05, 3.63) is 0 Å². The van der Waals surface area contributed by atoms with Gasteiger partial charge < -0.3 is 10.6 Å².